The Balaban J connectivity index is 3.95. The highest BCUT2D eigenvalue weighted by Gasteiger charge is 2.24. The summed E-state index contributed by atoms with van der Waals surface area (Å²) in [6, 6.07) is -0.792. The molecular formula is C43H87N2O6P. The SMILES string of the molecule is CCCCCCCCCC/C=C\CCCCCCCCCCCCCCCC(=O)NC(COP(=O)([O-])OCC[N+](C)(C)C)C(O)CCCCCCC. The summed E-state index contributed by atoms with van der Waals surface area (Å²) in [6.45, 7) is 4.63. The van der Waals surface area contributed by atoms with Gasteiger partial charge < -0.3 is 28.8 Å². The molecule has 3 unspecified atom stereocenters. The molecule has 0 aliphatic rings. The minimum atomic E-state index is -4.54. The van der Waals surface area contributed by atoms with Gasteiger partial charge in [-0.25, -0.2) is 0 Å². The number of nitrogens with one attached hydrogen (secondary N) is 1. The fourth-order valence-electron chi connectivity index (χ4n) is 6.45. The molecule has 0 fully saturated rings. The van der Waals surface area contributed by atoms with E-state index >= 15 is 0 Å². The van der Waals surface area contributed by atoms with Gasteiger partial charge in [-0.15, -0.1) is 0 Å². The quantitative estimate of drug-likeness (QED) is 0.0279. The second kappa shape index (κ2) is 35.9. The number of carbonyl (C=O) groups excluding carboxylic acids is 1. The molecule has 0 aromatic heterocycles. The van der Waals surface area contributed by atoms with Crippen LogP contribution in [0.4, 0.5) is 0 Å². The largest absolute Gasteiger partial charge is 0.756 e. The molecule has 52 heavy (non-hydrogen) atoms. The molecule has 9 heteroatoms. The van der Waals surface area contributed by atoms with Crippen LogP contribution in [0.2, 0.25) is 0 Å². The predicted molar refractivity (Wildman–Crippen MR) is 219 cm³/mol. The number of allylic oxidation sites excluding steroid dienone is 2. The van der Waals surface area contributed by atoms with Gasteiger partial charge in [0.1, 0.15) is 13.2 Å². The predicted octanol–water partition coefficient (Wildman–Crippen LogP) is 11.3. The van der Waals surface area contributed by atoms with Gasteiger partial charge in [0.05, 0.1) is 39.9 Å². The molecule has 0 aromatic carbocycles. The van der Waals surface area contributed by atoms with Crippen molar-refractivity contribution in [3.05, 3.63) is 12.2 Å². The number of nitrogens with zero attached hydrogens (tertiary/aromatic N) is 1. The van der Waals surface area contributed by atoms with E-state index in [0.29, 0.717) is 23.9 Å². The Hall–Kier alpha value is -0.760. The molecule has 0 aliphatic carbocycles. The summed E-state index contributed by atoms with van der Waals surface area (Å²) in [4.78, 5) is 25.1. The van der Waals surface area contributed by atoms with Crippen molar-refractivity contribution in [1.82, 2.24) is 5.32 Å². The number of amides is 1. The highest BCUT2D eigenvalue weighted by molar-refractivity contribution is 7.45. The van der Waals surface area contributed by atoms with Gasteiger partial charge in [-0.1, -0.05) is 174 Å². The van der Waals surface area contributed by atoms with Crippen LogP contribution in [0.1, 0.15) is 206 Å². The molecule has 8 nitrogen and oxygen atoms in total. The summed E-state index contributed by atoms with van der Waals surface area (Å²) in [7, 11) is 1.30. The maximum atomic E-state index is 12.7. The summed E-state index contributed by atoms with van der Waals surface area (Å²) in [6.07, 6.45) is 39.9. The number of aliphatic hydroxyl groups is 1. The van der Waals surface area contributed by atoms with Gasteiger partial charge in [-0.3, -0.25) is 9.36 Å². The van der Waals surface area contributed by atoms with Gasteiger partial charge in [0.15, 0.2) is 0 Å². The zero-order chi connectivity index (χ0) is 38.6. The number of phosphoric acid groups is 1. The molecule has 310 valence electrons. The first-order valence-electron chi connectivity index (χ1n) is 22.0. The van der Waals surface area contributed by atoms with Crippen LogP contribution in [-0.2, 0) is 18.4 Å². The highest BCUT2D eigenvalue weighted by Crippen LogP contribution is 2.38. The number of hydrogen-bond acceptors (Lipinski definition) is 6. The van der Waals surface area contributed by atoms with Crippen molar-refractivity contribution < 1.29 is 32.9 Å². The molecule has 0 radical (unpaired) electrons. The van der Waals surface area contributed by atoms with Crippen molar-refractivity contribution >= 4 is 13.7 Å². The lowest BCUT2D eigenvalue weighted by Gasteiger charge is -2.30. The van der Waals surface area contributed by atoms with Crippen molar-refractivity contribution in [3.8, 4) is 0 Å². The number of carbonyl (C=O) groups is 1. The second-order valence-corrected chi connectivity index (χ2v) is 17.8. The maximum Gasteiger partial charge on any atom is 0.268 e. The Labute approximate surface area is 322 Å². The van der Waals surface area contributed by atoms with Crippen LogP contribution in [0.15, 0.2) is 12.2 Å². The number of quaternary nitrogens is 1. The molecule has 0 rings (SSSR count). The maximum absolute atomic E-state index is 12.7. The first-order valence-corrected chi connectivity index (χ1v) is 23.5. The molecule has 2 N–H and O–H groups in total. The lowest BCUT2D eigenvalue weighted by molar-refractivity contribution is -0.870. The van der Waals surface area contributed by atoms with Crippen LogP contribution in [0.3, 0.4) is 0 Å². The third-order valence-electron chi connectivity index (χ3n) is 10.0. The Morgan fingerprint density at radius 3 is 1.50 bits per heavy atom. The van der Waals surface area contributed by atoms with E-state index in [1.807, 2.05) is 21.1 Å². The number of aliphatic hydroxyl groups excluding tert-OH is 1. The Morgan fingerprint density at radius 1 is 0.654 bits per heavy atom. The van der Waals surface area contributed by atoms with E-state index in [-0.39, 0.29) is 19.1 Å². The number of phosphoric ester groups is 1. The number of likely N-dealkylation sites (N-methyl/N-ethyl adjacent to an activating group) is 1. The molecule has 0 aliphatic heterocycles. The van der Waals surface area contributed by atoms with E-state index in [0.717, 1.165) is 51.4 Å². The zero-order valence-corrected chi connectivity index (χ0v) is 35.9. The summed E-state index contributed by atoms with van der Waals surface area (Å²) >= 11 is 0. The van der Waals surface area contributed by atoms with Gasteiger partial charge in [0.2, 0.25) is 5.91 Å². The van der Waals surface area contributed by atoms with Gasteiger partial charge in [-0.2, -0.15) is 0 Å². The Bertz CT molecular complexity index is 865. The molecule has 0 saturated heterocycles. The van der Waals surface area contributed by atoms with E-state index in [2.05, 4.69) is 31.3 Å². The van der Waals surface area contributed by atoms with Gasteiger partial charge >= 0.3 is 0 Å². The van der Waals surface area contributed by atoms with Crippen LogP contribution in [0.5, 0.6) is 0 Å². The Morgan fingerprint density at radius 2 is 1.06 bits per heavy atom. The van der Waals surface area contributed by atoms with Crippen LogP contribution in [-0.4, -0.2) is 68.5 Å². The van der Waals surface area contributed by atoms with Crippen LogP contribution < -0.4 is 10.2 Å². The smallest absolute Gasteiger partial charge is 0.268 e. The standard InChI is InChI=1S/C43H87N2O6P/c1-6-8-10-12-13-14-15-16-17-18-19-20-21-22-23-24-25-26-27-28-29-30-31-33-35-37-43(47)44-41(42(46)36-34-32-11-9-7-2)40-51-52(48,49)50-39-38-45(3,4)5/h18-19,41-42,46H,6-17,20-40H2,1-5H3,(H-,44,47,48,49)/b19-18-. The van der Waals surface area contributed by atoms with Gasteiger partial charge in [0, 0.05) is 6.42 Å². The molecule has 0 spiro atoms. The van der Waals surface area contributed by atoms with Crippen LogP contribution in [0, 0.1) is 0 Å². The average molecular weight is 759 g/mol. The first kappa shape index (κ1) is 51.2. The topological polar surface area (TPSA) is 108 Å². The number of rotatable bonds is 40. The third-order valence-corrected chi connectivity index (χ3v) is 11.0. The lowest BCUT2D eigenvalue weighted by atomic mass is 10.0. The molecule has 1 amide bonds. The molecule has 0 bridgehead atoms. The summed E-state index contributed by atoms with van der Waals surface area (Å²) in [5.74, 6) is -0.170. The second-order valence-electron chi connectivity index (χ2n) is 16.4. The van der Waals surface area contributed by atoms with Crippen molar-refractivity contribution in [2.24, 2.45) is 0 Å². The van der Waals surface area contributed by atoms with E-state index in [1.54, 1.807) is 0 Å². The molecule has 0 saturated carbocycles. The van der Waals surface area contributed by atoms with Crippen LogP contribution >= 0.6 is 7.82 Å². The molecule has 0 heterocycles. The minimum absolute atomic E-state index is 0.0131. The van der Waals surface area contributed by atoms with Crippen molar-refractivity contribution in [1.29, 1.82) is 0 Å². The van der Waals surface area contributed by atoms with Crippen molar-refractivity contribution in [2.75, 3.05) is 40.9 Å². The van der Waals surface area contributed by atoms with Crippen molar-refractivity contribution in [3.63, 3.8) is 0 Å². The molecule has 0 aromatic rings. The average Bonchev–Trinajstić information content (AvgIpc) is 3.09. The monoisotopic (exact) mass is 759 g/mol. The lowest BCUT2D eigenvalue weighted by Crippen LogP contribution is -2.46. The van der Waals surface area contributed by atoms with E-state index in [9.17, 15) is 19.4 Å². The van der Waals surface area contributed by atoms with E-state index in [4.69, 9.17) is 9.05 Å². The van der Waals surface area contributed by atoms with Crippen LogP contribution in [0.25, 0.3) is 0 Å². The normalized spacial score (nSPS) is 14.5. The minimum Gasteiger partial charge on any atom is -0.756 e. The molecule has 3 atom stereocenters. The summed E-state index contributed by atoms with van der Waals surface area (Å²) in [5.41, 5.74) is 0. The summed E-state index contributed by atoms with van der Waals surface area (Å²) in [5, 5.41) is 13.7. The fraction of sp³-hybridized carbons (Fsp3) is 0.930. The number of hydrogen-bond donors (Lipinski definition) is 2. The highest BCUT2D eigenvalue weighted by atomic mass is 31.2. The fourth-order valence-corrected chi connectivity index (χ4v) is 7.17. The first-order chi connectivity index (χ1) is 25.0. The summed E-state index contributed by atoms with van der Waals surface area (Å²) < 4.78 is 23.0. The molecular weight excluding hydrogens is 671 g/mol. The van der Waals surface area contributed by atoms with E-state index in [1.165, 1.54) is 128 Å². The number of unbranched alkanes of at least 4 members (excludes halogenated alkanes) is 25. The van der Waals surface area contributed by atoms with Gasteiger partial charge in [-0.05, 0) is 38.5 Å². The van der Waals surface area contributed by atoms with E-state index < -0.39 is 20.0 Å². The third kappa shape index (κ3) is 37.6. The zero-order valence-electron chi connectivity index (χ0n) is 35.0. The van der Waals surface area contributed by atoms with Crippen molar-refractivity contribution in [2.45, 2.75) is 219 Å². The Kier molecular flexibility index (Phi) is 35.4. The van der Waals surface area contributed by atoms with Gasteiger partial charge in [0.25, 0.3) is 7.82 Å².